The number of hydrogen-bond acceptors (Lipinski definition) is 5. The zero-order valence-electron chi connectivity index (χ0n) is 15.2. The van der Waals surface area contributed by atoms with E-state index in [4.69, 9.17) is 5.73 Å². The SMILES string of the molecule is CN=C(N[C@H]1CCCN(C(=O)CNc2ccc(F)cc2)C1)c1cn[nH]c1N. The molecular weight excluding hydrogens is 349 g/mol. The number of nitrogens with one attached hydrogen (secondary N) is 3. The van der Waals surface area contributed by atoms with Crippen LogP contribution in [0.1, 0.15) is 18.4 Å². The van der Waals surface area contributed by atoms with Crippen molar-refractivity contribution in [3.63, 3.8) is 0 Å². The Balaban J connectivity index is 1.54. The van der Waals surface area contributed by atoms with Crippen molar-refractivity contribution in [2.75, 3.05) is 37.7 Å². The number of amidine groups is 1. The number of aliphatic imine (C=N–C) groups is 1. The molecule has 1 aliphatic rings. The van der Waals surface area contributed by atoms with E-state index in [2.05, 4.69) is 25.8 Å². The third-order valence-electron chi connectivity index (χ3n) is 4.55. The smallest absolute Gasteiger partial charge is 0.241 e. The minimum atomic E-state index is -0.302. The van der Waals surface area contributed by atoms with E-state index in [1.54, 1.807) is 25.4 Å². The van der Waals surface area contributed by atoms with Gasteiger partial charge in [-0.1, -0.05) is 0 Å². The van der Waals surface area contributed by atoms with Gasteiger partial charge in [0.15, 0.2) is 0 Å². The Kier molecular flexibility index (Phi) is 5.90. The number of nitrogens with zero attached hydrogens (tertiary/aromatic N) is 3. The number of aromatic nitrogens is 2. The van der Waals surface area contributed by atoms with Crippen molar-refractivity contribution in [2.45, 2.75) is 18.9 Å². The number of carbonyl (C=O) groups excluding carboxylic acids is 1. The molecule has 2 aromatic rings. The fraction of sp³-hybridized carbons (Fsp3) is 0.389. The van der Waals surface area contributed by atoms with E-state index in [1.807, 2.05) is 4.90 Å². The molecule has 0 radical (unpaired) electrons. The molecule has 27 heavy (non-hydrogen) atoms. The highest BCUT2D eigenvalue weighted by molar-refractivity contribution is 6.02. The first-order chi connectivity index (χ1) is 13.1. The number of nitrogens with two attached hydrogens (primary N) is 1. The molecule has 0 unspecified atom stereocenters. The summed E-state index contributed by atoms with van der Waals surface area (Å²) in [5.41, 5.74) is 7.30. The Bertz CT molecular complexity index is 802. The first-order valence-electron chi connectivity index (χ1n) is 8.86. The second-order valence-corrected chi connectivity index (χ2v) is 6.45. The van der Waals surface area contributed by atoms with Crippen molar-refractivity contribution in [2.24, 2.45) is 4.99 Å². The summed E-state index contributed by atoms with van der Waals surface area (Å²) in [4.78, 5) is 18.6. The number of nitrogen functional groups attached to an aromatic ring is 1. The van der Waals surface area contributed by atoms with Crippen LogP contribution in [0.4, 0.5) is 15.9 Å². The molecule has 1 aromatic carbocycles. The first-order valence-corrected chi connectivity index (χ1v) is 8.86. The summed E-state index contributed by atoms with van der Waals surface area (Å²) in [6.45, 7) is 1.47. The molecule has 1 atom stereocenters. The van der Waals surface area contributed by atoms with E-state index in [0.717, 1.165) is 18.4 Å². The summed E-state index contributed by atoms with van der Waals surface area (Å²) in [6, 6.07) is 6.04. The van der Waals surface area contributed by atoms with Crippen molar-refractivity contribution < 1.29 is 9.18 Å². The molecule has 2 heterocycles. The van der Waals surface area contributed by atoms with Crippen LogP contribution < -0.4 is 16.4 Å². The predicted octanol–water partition coefficient (Wildman–Crippen LogP) is 1.20. The van der Waals surface area contributed by atoms with Crippen LogP contribution in [0.5, 0.6) is 0 Å². The Labute approximate surface area is 157 Å². The zero-order valence-corrected chi connectivity index (χ0v) is 15.2. The third kappa shape index (κ3) is 4.75. The van der Waals surface area contributed by atoms with Crippen LogP contribution in [-0.2, 0) is 4.79 Å². The average molecular weight is 373 g/mol. The van der Waals surface area contributed by atoms with Gasteiger partial charge in [0.05, 0.1) is 18.3 Å². The Morgan fingerprint density at radius 1 is 1.44 bits per heavy atom. The lowest BCUT2D eigenvalue weighted by molar-refractivity contribution is -0.130. The van der Waals surface area contributed by atoms with Crippen LogP contribution >= 0.6 is 0 Å². The summed E-state index contributed by atoms with van der Waals surface area (Å²) in [5.74, 6) is 0.812. The van der Waals surface area contributed by atoms with E-state index in [9.17, 15) is 9.18 Å². The van der Waals surface area contributed by atoms with Crippen LogP contribution in [0.25, 0.3) is 0 Å². The molecule has 9 heteroatoms. The predicted molar refractivity (Wildman–Crippen MR) is 103 cm³/mol. The van der Waals surface area contributed by atoms with Crippen LogP contribution in [0.3, 0.4) is 0 Å². The van der Waals surface area contributed by atoms with Gasteiger partial charge in [0.25, 0.3) is 0 Å². The number of aromatic amines is 1. The largest absolute Gasteiger partial charge is 0.383 e. The fourth-order valence-electron chi connectivity index (χ4n) is 3.12. The highest BCUT2D eigenvalue weighted by atomic mass is 19.1. The summed E-state index contributed by atoms with van der Waals surface area (Å²) < 4.78 is 12.9. The molecule has 1 fully saturated rings. The maximum atomic E-state index is 12.9. The Morgan fingerprint density at radius 3 is 2.89 bits per heavy atom. The molecule has 1 amide bonds. The number of benzene rings is 1. The number of hydrogen-bond donors (Lipinski definition) is 4. The molecule has 1 aromatic heterocycles. The van der Waals surface area contributed by atoms with Crippen molar-refractivity contribution in [3.8, 4) is 0 Å². The van der Waals surface area contributed by atoms with Gasteiger partial charge >= 0.3 is 0 Å². The maximum absolute atomic E-state index is 12.9. The monoisotopic (exact) mass is 373 g/mol. The molecule has 0 aliphatic carbocycles. The number of amides is 1. The van der Waals surface area contributed by atoms with Gasteiger partial charge < -0.3 is 21.3 Å². The minimum absolute atomic E-state index is 0.00337. The lowest BCUT2D eigenvalue weighted by Crippen LogP contribution is -2.51. The fourth-order valence-corrected chi connectivity index (χ4v) is 3.12. The van der Waals surface area contributed by atoms with Crippen LogP contribution in [-0.4, -0.2) is 59.6 Å². The van der Waals surface area contributed by atoms with Crippen LogP contribution in [0.15, 0.2) is 35.5 Å². The summed E-state index contributed by atoms with van der Waals surface area (Å²) in [5, 5.41) is 13.0. The quantitative estimate of drug-likeness (QED) is 0.465. The number of carbonyl (C=O) groups is 1. The van der Waals surface area contributed by atoms with E-state index < -0.39 is 0 Å². The van der Waals surface area contributed by atoms with Gasteiger partial charge in [0.1, 0.15) is 17.5 Å². The van der Waals surface area contributed by atoms with Gasteiger partial charge in [0, 0.05) is 31.9 Å². The molecule has 144 valence electrons. The lowest BCUT2D eigenvalue weighted by atomic mass is 10.0. The molecule has 3 rings (SSSR count). The van der Waals surface area contributed by atoms with Crippen molar-refractivity contribution in [3.05, 3.63) is 41.8 Å². The second-order valence-electron chi connectivity index (χ2n) is 6.45. The molecule has 0 bridgehead atoms. The normalized spacial score (nSPS) is 17.6. The molecule has 5 N–H and O–H groups in total. The number of piperidine rings is 1. The Hall–Kier alpha value is -3.10. The van der Waals surface area contributed by atoms with Gasteiger partial charge in [-0.15, -0.1) is 0 Å². The van der Waals surface area contributed by atoms with Crippen LogP contribution in [0.2, 0.25) is 0 Å². The van der Waals surface area contributed by atoms with Gasteiger partial charge in [-0.2, -0.15) is 5.10 Å². The molecule has 1 aliphatic heterocycles. The molecular formula is C18H24FN7O. The van der Waals surface area contributed by atoms with E-state index in [1.165, 1.54) is 12.1 Å². The molecule has 0 saturated carbocycles. The standard InChI is InChI=1S/C18H24FN7O/c1-21-18(15-9-23-25-17(15)20)24-14-3-2-8-26(11-14)16(27)10-22-13-6-4-12(19)5-7-13/h4-7,9,14,22H,2-3,8,10-11H2,1H3,(H,21,24)(H3,20,23,25)/t14-/m0/s1. The van der Waals surface area contributed by atoms with Gasteiger partial charge in [-0.25, -0.2) is 4.39 Å². The van der Waals surface area contributed by atoms with Crippen molar-refractivity contribution in [1.29, 1.82) is 0 Å². The van der Waals surface area contributed by atoms with Gasteiger partial charge in [-0.3, -0.25) is 14.9 Å². The topological polar surface area (TPSA) is 111 Å². The minimum Gasteiger partial charge on any atom is -0.383 e. The number of H-pyrrole nitrogens is 1. The summed E-state index contributed by atoms with van der Waals surface area (Å²) in [7, 11) is 1.69. The number of anilines is 2. The number of rotatable bonds is 5. The highest BCUT2D eigenvalue weighted by Crippen LogP contribution is 2.14. The number of likely N-dealkylation sites (tertiary alicyclic amines) is 1. The third-order valence-corrected chi connectivity index (χ3v) is 4.55. The lowest BCUT2D eigenvalue weighted by Gasteiger charge is -2.34. The van der Waals surface area contributed by atoms with E-state index in [-0.39, 0.29) is 24.3 Å². The van der Waals surface area contributed by atoms with Crippen molar-refractivity contribution in [1.82, 2.24) is 20.4 Å². The van der Waals surface area contributed by atoms with Gasteiger partial charge in [0.2, 0.25) is 5.91 Å². The molecule has 1 saturated heterocycles. The number of halogens is 1. The maximum Gasteiger partial charge on any atom is 0.241 e. The molecule has 8 nitrogen and oxygen atoms in total. The Morgan fingerprint density at radius 2 is 2.22 bits per heavy atom. The van der Waals surface area contributed by atoms with E-state index >= 15 is 0 Å². The summed E-state index contributed by atoms with van der Waals surface area (Å²) in [6.07, 6.45) is 3.47. The summed E-state index contributed by atoms with van der Waals surface area (Å²) >= 11 is 0. The average Bonchev–Trinajstić information content (AvgIpc) is 3.11. The zero-order chi connectivity index (χ0) is 19.2. The van der Waals surface area contributed by atoms with Crippen LogP contribution in [0, 0.1) is 5.82 Å². The van der Waals surface area contributed by atoms with Gasteiger partial charge in [-0.05, 0) is 37.1 Å². The highest BCUT2D eigenvalue weighted by Gasteiger charge is 2.25. The van der Waals surface area contributed by atoms with E-state index in [0.29, 0.717) is 30.4 Å². The molecule has 0 spiro atoms. The van der Waals surface area contributed by atoms with Crippen molar-refractivity contribution >= 4 is 23.2 Å². The first kappa shape index (κ1) is 18.7. The second kappa shape index (κ2) is 8.52.